The van der Waals surface area contributed by atoms with Crippen LogP contribution < -0.4 is 16.4 Å². The lowest BCUT2D eigenvalue weighted by molar-refractivity contribution is -0.123. The minimum Gasteiger partial charge on any atom is -0.365 e. The molecule has 0 aliphatic heterocycles. The van der Waals surface area contributed by atoms with E-state index < -0.39 is 5.91 Å². The van der Waals surface area contributed by atoms with Crippen LogP contribution in [-0.2, 0) is 11.2 Å². The summed E-state index contributed by atoms with van der Waals surface area (Å²) in [6.07, 6.45) is 1.82. The van der Waals surface area contributed by atoms with Crippen molar-refractivity contribution >= 4 is 17.8 Å². The van der Waals surface area contributed by atoms with Crippen molar-refractivity contribution < 1.29 is 9.59 Å². The van der Waals surface area contributed by atoms with Gasteiger partial charge < -0.3 is 16.4 Å². The van der Waals surface area contributed by atoms with Crippen molar-refractivity contribution in [1.29, 1.82) is 0 Å². The van der Waals surface area contributed by atoms with E-state index in [1.165, 1.54) is 6.20 Å². The van der Waals surface area contributed by atoms with Crippen molar-refractivity contribution in [1.82, 2.24) is 15.3 Å². The number of benzene rings is 1. The number of nitrogens with two attached hydrogens (primary N) is 1. The number of carbonyl (C=O) groups is 2. The van der Waals surface area contributed by atoms with E-state index in [4.69, 9.17) is 5.73 Å². The van der Waals surface area contributed by atoms with E-state index in [1.807, 2.05) is 51.1 Å². The van der Waals surface area contributed by atoms with Gasteiger partial charge in [0, 0.05) is 25.1 Å². The molecule has 0 fully saturated rings. The molecule has 0 spiro atoms. The second-order valence-electron chi connectivity index (χ2n) is 6.39. The molecule has 1 aromatic carbocycles. The van der Waals surface area contributed by atoms with Crippen LogP contribution in [0, 0.1) is 5.92 Å². The number of rotatable bonds is 8. The molecule has 1 aromatic heterocycles. The van der Waals surface area contributed by atoms with Crippen molar-refractivity contribution in [2.75, 3.05) is 11.9 Å². The molecule has 7 heteroatoms. The van der Waals surface area contributed by atoms with Gasteiger partial charge in [0.05, 0.1) is 17.3 Å². The van der Waals surface area contributed by atoms with Crippen molar-refractivity contribution in [3.63, 3.8) is 0 Å². The molecule has 1 heterocycles. The Morgan fingerprint density at radius 3 is 2.46 bits per heavy atom. The highest BCUT2D eigenvalue weighted by molar-refractivity contribution is 5.93. The van der Waals surface area contributed by atoms with Gasteiger partial charge >= 0.3 is 0 Å². The first-order chi connectivity index (χ1) is 12.4. The van der Waals surface area contributed by atoms with Crippen LogP contribution in [0.3, 0.4) is 0 Å². The number of nitrogens with one attached hydrogen (secondary N) is 2. The van der Waals surface area contributed by atoms with Gasteiger partial charge in [-0.3, -0.25) is 9.59 Å². The maximum atomic E-state index is 11.7. The molecule has 2 aromatic rings. The number of hydrogen-bond donors (Lipinski definition) is 3. The lowest BCUT2D eigenvalue weighted by Crippen LogP contribution is -2.30. The molecule has 2 rings (SSSR count). The smallest absolute Gasteiger partial charge is 0.252 e. The van der Waals surface area contributed by atoms with E-state index in [9.17, 15) is 9.59 Å². The van der Waals surface area contributed by atoms with Gasteiger partial charge in [0.2, 0.25) is 11.9 Å². The molecular formula is C19H25N5O2. The summed E-state index contributed by atoms with van der Waals surface area (Å²) in [6.45, 7) is 6.02. The molecule has 0 aliphatic rings. The fourth-order valence-corrected chi connectivity index (χ4v) is 2.41. The zero-order valence-electron chi connectivity index (χ0n) is 15.3. The van der Waals surface area contributed by atoms with Gasteiger partial charge in [-0.1, -0.05) is 44.2 Å². The normalized spacial score (nSPS) is 11.8. The van der Waals surface area contributed by atoms with E-state index >= 15 is 0 Å². The maximum absolute atomic E-state index is 11.7. The van der Waals surface area contributed by atoms with Crippen LogP contribution in [0.15, 0.2) is 36.5 Å². The Labute approximate surface area is 153 Å². The molecule has 4 N–H and O–H groups in total. The Bertz CT molecular complexity index is 762. The molecule has 1 unspecified atom stereocenters. The molecule has 0 aliphatic carbocycles. The fraction of sp³-hybridized carbons (Fsp3) is 0.368. The third kappa shape index (κ3) is 5.27. The van der Waals surface area contributed by atoms with Crippen molar-refractivity contribution in [3.8, 4) is 0 Å². The van der Waals surface area contributed by atoms with Crippen LogP contribution in [0.25, 0.3) is 0 Å². The number of amides is 2. The van der Waals surface area contributed by atoms with Gasteiger partial charge in [0.1, 0.15) is 0 Å². The van der Waals surface area contributed by atoms with Gasteiger partial charge in [-0.2, -0.15) is 0 Å². The van der Waals surface area contributed by atoms with Crippen LogP contribution >= 0.6 is 0 Å². The van der Waals surface area contributed by atoms with Crippen LogP contribution in [-0.4, -0.2) is 28.3 Å². The van der Waals surface area contributed by atoms with Gasteiger partial charge in [-0.05, 0) is 12.5 Å². The van der Waals surface area contributed by atoms with Crippen molar-refractivity contribution in [2.24, 2.45) is 11.7 Å². The number of nitrogens with zero attached hydrogens (tertiary/aromatic N) is 2. The van der Waals surface area contributed by atoms with E-state index in [2.05, 4.69) is 20.6 Å². The summed E-state index contributed by atoms with van der Waals surface area (Å²) in [4.78, 5) is 31.9. The monoisotopic (exact) mass is 355 g/mol. The Morgan fingerprint density at radius 2 is 1.85 bits per heavy atom. The summed E-state index contributed by atoms with van der Waals surface area (Å²) in [5, 5.41) is 6.03. The molecule has 7 nitrogen and oxygen atoms in total. The second kappa shape index (κ2) is 8.94. The molecule has 0 saturated carbocycles. The largest absolute Gasteiger partial charge is 0.365 e. The van der Waals surface area contributed by atoms with E-state index in [0.717, 1.165) is 5.56 Å². The number of hydrogen-bond acceptors (Lipinski definition) is 5. The summed E-state index contributed by atoms with van der Waals surface area (Å²) in [5.41, 5.74) is 7.29. The Morgan fingerprint density at radius 1 is 1.15 bits per heavy atom. The zero-order valence-corrected chi connectivity index (χ0v) is 15.3. The SMILES string of the molecule is CC(C)C(=O)NCCc1nc(NC(C)c2ccccc2)ncc1C(N)=O. The number of aromatic nitrogens is 2. The highest BCUT2D eigenvalue weighted by atomic mass is 16.2. The first-order valence-corrected chi connectivity index (χ1v) is 8.63. The van der Waals surface area contributed by atoms with Gasteiger partial charge in [-0.15, -0.1) is 0 Å². The average Bonchev–Trinajstić information content (AvgIpc) is 2.62. The second-order valence-corrected chi connectivity index (χ2v) is 6.39. The highest BCUT2D eigenvalue weighted by Crippen LogP contribution is 2.17. The molecule has 2 amide bonds. The van der Waals surface area contributed by atoms with Crippen LogP contribution in [0.5, 0.6) is 0 Å². The molecule has 0 saturated heterocycles. The standard InChI is InChI=1S/C19H25N5O2/c1-12(2)18(26)21-10-9-16-15(17(20)25)11-22-19(24-16)23-13(3)14-7-5-4-6-8-14/h4-8,11-13H,9-10H2,1-3H3,(H2,20,25)(H,21,26)(H,22,23,24). The van der Waals surface area contributed by atoms with E-state index in [-0.39, 0.29) is 23.4 Å². The molecule has 0 bridgehead atoms. The molecule has 138 valence electrons. The zero-order chi connectivity index (χ0) is 19.1. The quantitative estimate of drug-likeness (QED) is 0.671. The first kappa shape index (κ1) is 19.4. The van der Waals surface area contributed by atoms with Crippen LogP contribution in [0.2, 0.25) is 0 Å². The number of anilines is 1. The fourth-order valence-electron chi connectivity index (χ4n) is 2.41. The lowest BCUT2D eigenvalue weighted by atomic mass is 10.1. The summed E-state index contributed by atoms with van der Waals surface area (Å²) < 4.78 is 0. The molecule has 0 radical (unpaired) electrons. The Balaban J connectivity index is 2.11. The molecule has 26 heavy (non-hydrogen) atoms. The van der Waals surface area contributed by atoms with Gasteiger partial charge in [0.25, 0.3) is 5.91 Å². The molecule has 1 atom stereocenters. The predicted octanol–water partition coefficient (Wildman–Crippen LogP) is 2.06. The van der Waals surface area contributed by atoms with Crippen LogP contribution in [0.1, 0.15) is 48.4 Å². The summed E-state index contributed by atoms with van der Waals surface area (Å²) in [7, 11) is 0. The first-order valence-electron chi connectivity index (χ1n) is 8.63. The molecular weight excluding hydrogens is 330 g/mol. The van der Waals surface area contributed by atoms with E-state index in [1.54, 1.807) is 0 Å². The predicted molar refractivity (Wildman–Crippen MR) is 101 cm³/mol. The van der Waals surface area contributed by atoms with Gasteiger partial charge in [-0.25, -0.2) is 9.97 Å². The van der Waals surface area contributed by atoms with Crippen molar-refractivity contribution in [2.45, 2.75) is 33.2 Å². The minimum absolute atomic E-state index is 0.00382. The summed E-state index contributed by atoms with van der Waals surface area (Å²) in [5.74, 6) is -0.315. The average molecular weight is 355 g/mol. The van der Waals surface area contributed by atoms with Gasteiger partial charge in [0.15, 0.2) is 0 Å². The van der Waals surface area contributed by atoms with Crippen molar-refractivity contribution in [3.05, 3.63) is 53.3 Å². The Kier molecular flexibility index (Phi) is 6.66. The summed E-state index contributed by atoms with van der Waals surface area (Å²) in [6, 6.07) is 9.91. The van der Waals surface area contributed by atoms with E-state index in [0.29, 0.717) is 24.6 Å². The number of carbonyl (C=O) groups excluding carboxylic acids is 2. The van der Waals surface area contributed by atoms with Crippen LogP contribution in [0.4, 0.5) is 5.95 Å². The topological polar surface area (TPSA) is 110 Å². The lowest BCUT2D eigenvalue weighted by Gasteiger charge is -2.15. The minimum atomic E-state index is -0.585. The third-order valence-corrected chi connectivity index (χ3v) is 3.96. The summed E-state index contributed by atoms with van der Waals surface area (Å²) >= 11 is 0. The highest BCUT2D eigenvalue weighted by Gasteiger charge is 2.14. The number of primary amides is 1. The Hall–Kier alpha value is -2.96. The maximum Gasteiger partial charge on any atom is 0.252 e. The third-order valence-electron chi connectivity index (χ3n) is 3.96.